The number of nitriles is 1. The SMILES string of the molecule is CC(CC(O)C(C)N)c1ccc(C#N)cc1. The van der Waals surface area contributed by atoms with Crippen LogP contribution in [0.3, 0.4) is 0 Å². The predicted molar refractivity (Wildman–Crippen MR) is 63.8 cm³/mol. The molecule has 1 rings (SSSR count). The summed E-state index contributed by atoms with van der Waals surface area (Å²) >= 11 is 0. The summed E-state index contributed by atoms with van der Waals surface area (Å²) in [7, 11) is 0. The summed E-state index contributed by atoms with van der Waals surface area (Å²) in [4.78, 5) is 0. The van der Waals surface area contributed by atoms with Gasteiger partial charge in [-0.2, -0.15) is 5.26 Å². The molecule has 1 aromatic rings. The number of rotatable bonds is 4. The van der Waals surface area contributed by atoms with E-state index < -0.39 is 6.10 Å². The smallest absolute Gasteiger partial charge is 0.0991 e. The number of nitrogens with two attached hydrogens (primary N) is 1. The van der Waals surface area contributed by atoms with Crippen LogP contribution in [0, 0.1) is 11.3 Å². The van der Waals surface area contributed by atoms with Crippen molar-refractivity contribution in [1.82, 2.24) is 0 Å². The third kappa shape index (κ3) is 3.34. The van der Waals surface area contributed by atoms with E-state index in [0.29, 0.717) is 12.0 Å². The molecule has 3 N–H and O–H groups in total. The first-order valence-electron chi connectivity index (χ1n) is 5.48. The molecule has 16 heavy (non-hydrogen) atoms. The molecule has 0 spiro atoms. The Morgan fingerprint density at radius 3 is 2.31 bits per heavy atom. The molecule has 0 fully saturated rings. The summed E-state index contributed by atoms with van der Waals surface area (Å²) in [5, 5.41) is 18.4. The van der Waals surface area contributed by atoms with E-state index in [0.717, 1.165) is 5.56 Å². The fraction of sp³-hybridized carbons (Fsp3) is 0.462. The zero-order valence-corrected chi connectivity index (χ0v) is 9.72. The second kappa shape index (κ2) is 5.64. The molecule has 3 atom stereocenters. The molecule has 3 heteroatoms. The maximum atomic E-state index is 9.68. The van der Waals surface area contributed by atoms with Crippen molar-refractivity contribution in [1.29, 1.82) is 5.26 Å². The fourth-order valence-corrected chi connectivity index (χ4v) is 1.60. The van der Waals surface area contributed by atoms with Crippen molar-refractivity contribution in [2.75, 3.05) is 0 Å². The molecule has 0 heterocycles. The summed E-state index contributed by atoms with van der Waals surface area (Å²) < 4.78 is 0. The maximum absolute atomic E-state index is 9.68. The van der Waals surface area contributed by atoms with E-state index in [1.165, 1.54) is 0 Å². The minimum absolute atomic E-state index is 0.208. The lowest BCUT2D eigenvalue weighted by Crippen LogP contribution is -2.32. The molecule has 0 radical (unpaired) electrons. The lowest BCUT2D eigenvalue weighted by Gasteiger charge is -2.19. The van der Waals surface area contributed by atoms with Crippen LogP contribution in [-0.2, 0) is 0 Å². The van der Waals surface area contributed by atoms with E-state index in [4.69, 9.17) is 11.0 Å². The highest BCUT2D eigenvalue weighted by molar-refractivity contribution is 5.32. The summed E-state index contributed by atoms with van der Waals surface area (Å²) in [6.45, 7) is 3.85. The predicted octanol–water partition coefficient (Wildman–Crippen LogP) is 1.76. The van der Waals surface area contributed by atoms with Crippen molar-refractivity contribution in [2.24, 2.45) is 5.73 Å². The first kappa shape index (κ1) is 12.7. The molecule has 0 aromatic heterocycles. The van der Waals surface area contributed by atoms with E-state index in [1.807, 2.05) is 19.1 Å². The van der Waals surface area contributed by atoms with Crippen molar-refractivity contribution in [3.8, 4) is 6.07 Å². The summed E-state index contributed by atoms with van der Waals surface area (Å²) in [6, 6.07) is 9.32. The van der Waals surface area contributed by atoms with Crippen LogP contribution in [0.25, 0.3) is 0 Å². The number of benzene rings is 1. The Morgan fingerprint density at radius 1 is 1.31 bits per heavy atom. The molecule has 86 valence electrons. The molecule has 0 aliphatic heterocycles. The highest BCUT2D eigenvalue weighted by Crippen LogP contribution is 2.21. The van der Waals surface area contributed by atoms with Crippen molar-refractivity contribution < 1.29 is 5.11 Å². The summed E-state index contributed by atoms with van der Waals surface area (Å²) in [5.74, 6) is 0.244. The molecular weight excluding hydrogens is 200 g/mol. The fourth-order valence-electron chi connectivity index (χ4n) is 1.60. The molecule has 0 saturated carbocycles. The van der Waals surface area contributed by atoms with Gasteiger partial charge in [0.15, 0.2) is 0 Å². The summed E-state index contributed by atoms with van der Waals surface area (Å²) in [5.41, 5.74) is 7.39. The minimum atomic E-state index is -0.481. The van der Waals surface area contributed by atoms with Gasteiger partial charge in [0.1, 0.15) is 0 Å². The minimum Gasteiger partial charge on any atom is -0.392 e. The van der Waals surface area contributed by atoms with Crippen LogP contribution in [0.2, 0.25) is 0 Å². The number of hydrogen-bond acceptors (Lipinski definition) is 3. The Bertz CT molecular complexity index is 365. The van der Waals surface area contributed by atoms with Gasteiger partial charge in [-0.1, -0.05) is 19.1 Å². The third-order valence-electron chi connectivity index (χ3n) is 2.81. The van der Waals surface area contributed by atoms with Gasteiger partial charge in [0.05, 0.1) is 17.7 Å². The lowest BCUT2D eigenvalue weighted by atomic mass is 9.92. The number of aliphatic hydroxyl groups excluding tert-OH is 1. The Kier molecular flexibility index (Phi) is 4.48. The highest BCUT2D eigenvalue weighted by atomic mass is 16.3. The third-order valence-corrected chi connectivity index (χ3v) is 2.81. The second-order valence-electron chi connectivity index (χ2n) is 4.30. The molecule has 0 bridgehead atoms. The van der Waals surface area contributed by atoms with Crippen molar-refractivity contribution in [3.63, 3.8) is 0 Å². The first-order valence-corrected chi connectivity index (χ1v) is 5.48. The van der Waals surface area contributed by atoms with Gasteiger partial charge in [0.25, 0.3) is 0 Å². The average molecular weight is 218 g/mol. The van der Waals surface area contributed by atoms with Crippen LogP contribution in [0.5, 0.6) is 0 Å². The van der Waals surface area contributed by atoms with E-state index in [1.54, 1.807) is 19.1 Å². The number of nitrogens with zero attached hydrogens (tertiary/aromatic N) is 1. The molecule has 3 nitrogen and oxygen atoms in total. The largest absolute Gasteiger partial charge is 0.392 e. The zero-order valence-electron chi connectivity index (χ0n) is 9.72. The van der Waals surface area contributed by atoms with Gasteiger partial charge in [-0.15, -0.1) is 0 Å². The topological polar surface area (TPSA) is 70.0 Å². The molecule has 1 aromatic carbocycles. The van der Waals surface area contributed by atoms with Crippen LogP contribution in [0.1, 0.15) is 37.3 Å². The normalized spacial score (nSPS) is 16.2. The second-order valence-corrected chi connectivity index (χ2v) is 4.30. The Balaban J connectivity index is 2.66. The van der Waals surface area contributed by atoms with Crippen LogP contribution < -0.4 is 5.73 Å². The lowest BCUT2D eigenvalue weighted by molar-refractivity contribution is 0.134. The van der Waals surface area contributed by atoms with Gasteiger partial charge in [-0.25, -0.2) is 0 Å². The Morgan fingerprint density at radius 2 is 1.88 bits per heavy atom. The number of hydrogen-bond donors (Lipinski definition) is 2. The average Bonchev–Trinajstić information content (AvgIpc) is 2.28. The summed E-state index contributed by atoms with van der Waals surface area (Å²) in [6.07, 6.45) is 0.162. The van der Waals surface area contributed by atoms with E-state index in [2.05, 4.69) is 6.07 Å². The van der Waals surface area contributed by atoms with E-state index in [-0.39, 0.29) is 12.0 Å². The van der Waals surface area contributed by atoms with Gasteiger partial charge in [0.2, 0.25) is 0 Å². The van der Waals surface area contributed by atoms with Crippen LogP contribution in [0.4, 0.5) is 0 Å². The van der Waals surface area contributed by atoms with Gasteiger partial charge < -0.3 is 10.8 Å². The molecule has 0 amide bonds. The highest BCUT2D eigenvalue weighted by Gasteiger charge is 2.15. The Hall–Kier alpha value is -1.37. The van der Waals surface area contributed by atoms with Crippen molar-refractivity contribution >= 4 is 0 Å². The molecular formula is C13H18N2O. The van der Waals surface area contributed by atoms with Gasteiger partial charge in [-0.05, 0) is 37.0 Å². The molecule has 0 aliphatic carbocycles. The van der Waals surface area contributed by atoms with Crippen LogP contribution in [-0.4, -0.2) is 17.3 Å². The van der Waals surface area contributed by atoms with E-state index >= 15 is 0 Å². The molecule has 0 saturated heterocycles. The monoisotopic (exact) mass is 218 g/mol. The van der Waals surface area contributed by atoms with Crippen LogP contribution >= 0.6 is 0 Å². The van der Waals surface area contributed by atoms with E-state index in [9.17, 15) is 5.11 Å². The van der Waals surface area contributed by atoms with Gasteiger partial charge in [-0.3, -0.25) is 0 Å². The van der Waals surface area contributed by atoms with Gasteiger partial charge in [0, 0.05) is 6.04 Å². The van der Waals surface area contributed by atoms with Gasteiger partial charge >= 0.3 is 0 Å². The van der Waals surface area contributed by atoms with Crippen molar-refractivity contribution in [3.05, 3.63) is 35.4 Å². The molecule has 0 aliphatic rings. The van der Waals surface area contributed by atoms with Crippen LogP contribution in [0.15, 0.2) is 24.3 Å². The maximum Gasteiger partial charge on any atom is 0.0991 e. The Labute approximate surface area is 96.5 Å². The quantitative estimate of drug-likeness (QED) is 0.809. The number of aliphatic hydroxyl groups is 1. The first-order chi connectivity index (χ1) is 7.54. The zero-order chi connectivity index (χ0) is 12.1. The van der Waals surface area contributed by atoms with Crippen molar-refractivity contribution in [2.45, 2.75) is 38.3 Å². The standard InChI is InChI=1S/C13H18N2O/c1-9(7-13(16)10(2)15)12-5-3-11(8-14)4-6-12/h3-6,9-10,13,16H,7,15H2,1-2H3. The molecule has 3 unspecified atom stereocenters.